The van der Waals surface area contributed by atoms with E-state index in [1.807, 2.05) is 0 Å². The lowest BCUT2D eigenvalue weighted by molar-refractivity contribution is -0.257. The summed E-state index contributed by atoms with van der Waals surface area (Å²) in [7, 11) is 3.28. The van der Waals surface area contributed by atoms with Crippen LogP contribution in [-0.4, -0.2) is 66.7 Å². The molecule has 0 spiro atoms. The van der Waals surface area contributed by atoms with Gasteiger partial charge in [-0.05, 0) is 68.4 Å². The molecular formula is C26H31Cl2F3N4O3. The molecule has 1 aliphatic rings. The van der Waals surface area contributed by atoms with Crippen molar-refractivity contribution in [2.24, 2.45) is 5.92 Å². The van der Waals surface area contributed by atoms with Gasteiger partial charge in [-0.15, -0.1) is 0 Å². The highest BCUT2D eigenvalue weighted by Gasteiger charge is 2.60. The molecule has 1 unspecified atom stereocenters. The predicted octanol–water partition coefficient (Wildman–Crippen LogP) is 4.96. The van der Waals surface area contributed by atoms with Crippen molar-refractivity contribution in [2.75, 3.05) is 38.6 Å². The monoisotopic (exact) mass is 574 g/mol. The number of amides is 2. The first-order chi connectivity index (χ1) is 17.7. The Morgan fingerprint density at radius 2 is 1.82 bits per heavy atom. The molecule has 208 valence electrons. The van der Waals surface area contributed by atoms with Crippen LogP contribution in [0.3, 0.4) is 0 Å². The number of piperidine rings is 1. The van der Waals surface area contributed by atoms with E-state index in [2.05, 4.69) is 15.2 Å². The second-order valence-electron chi connectivity index (χ2n) is 9.76. The second kappa shape index (κ2) is 12.1. The largest absolute Gasteiger partial charge is 0.430 e. The van der Waals surface area contributed by atoms with Crippen LogP contribution >= 0.6 is 23.2 Å². The molecule has 1 aromatic heterocycles. The van der Waals surface area contributed by atoms with Crippen molar-refractivity contribution in [3.05, 3.63) is 57.2 Å². The molecule has 38 heavy (non-hydrogen) atoms. The van der Waals surface area contributed by atoms with Gasteiger partial charge in [0, 0.05) is 44.3 Å². The van der Waals surface area contributed by atoms with E-state index in [1.165, 1.54) is 17.9 Å². The number of benzene rings is 1. The van der Waals surface area contributed by atoms with Crippen molar-refractivity contribution in [1.29, 1.82) is 0 Å². The van der Waals surface area contributed by atoms with Crippen molar-refractivity contribution in [3.8, 4) is 0 Å². The number of aryl methyl sites for hydroxylation is 1. The predicted molar refractivity (Wildman–Crippen MR) is 141 cm³/mol. The summed E-state index contributed by atoms with van der Waals surface area (Å²) in [6, 6.07) is 6.92. The topological polar surface area (TPSA) is 85.8 Å². The summed E-state index contributed by atoms with van der Waals surface area (Å²) < 4.78 is 41.4. The maximum atomic E-state index is 13.8. The minimum absolute atomic E-state index is 0.00251. The highest BCUT2D eigenvalue weighted by molar-refractivity contribution is 6.32. The number of nitrogens with one attached hydrogen (secondary N) is 1. The average molecular weight is 575 g/mol. The SMILES string of the molecule is Cc1cc(Cl)cc(C(O)(C(=O)NCCCC2CCN(c3ccc(C(=O)N(C)C)c(Cl)n3)CC2)C(F)(F)F)c1. The van der Waals surface area contributed by atoms with Crippen LogP contribution in [-0.2, 0) is 10.4 Å². The number of rotatable bonds is 8. The lowest BCUT2D eigenvalue weighted by Crippen LogP contribution is -2.54. The molecule has 1 aromatic carbocycles. The summed E-state index contributed by atoms with van der Waals surface area (Å²) in [6.45, 7) is 2.95. The fourth-order valence-electron chi connectivity index (χ4n) is 4.54. The van der Waals surface area contributed by atoms with E-state index in [4.69, 9.17) is 23.2 Å². The molecule has 0 bridgehead atoms. The quantitative estimate of drug-likeness (QED) is 0.344. The first-order valence-corrected chi connectivity index (χ1v) is 13.0. The summed E-state index contributed by atoms with van der Waals surface area (Å²) in [6.07, 6.45) is -2.39. The number of nitrogens with zero attached hydrogens (tertiary/aromatic N) is 3. The fraction of sp³-hybridized carbons (Fsp3) is 0.500. The lowest BCUT2D eigenvalue weighted by atomic mass is 9.90. The van der Waals surface area contributed by atoms with Crippen LogP contribution in [0.2, 0.25) is 10.2 Å². The Hall–Kier alpha value is -2.56. The standard InChI is InChI=1S/C26H31Cl2F3N4O3/c1-16-13-18(15-19(27)14-16)25(38,26(29,30)31)24(37)32-10-4-5-17-8-11-35(12-9-17)21-7-6-20(22(28)33-21)23(36)34(2)3/h6-7,13-15,17,38H,4-5,8-12H2,1-3H3,(H,32,37). The van der Waals surface area contributed by atoms with E-state index in [0.29, 0.717) is 48.8 Å². The van der Waals surface area contributed by atoms with Gasteiger partial charge in [0.1, 0.15) is 11.0 Å². The number of hydrogen-bond donors (Lipinski definition) is 2. The number of aromatic nitrogens is 1. The van der Waals surface area contributed by atoms with Gasteiger partial charge in [-0.3, -0.25) is 9.59 Å². The summed E-state index contributed by atoms with van der Waals surface area (Å²) >= 11 is 12.1. The van der Waals surface area contributed by atoms with E-state index < -0.39 is 23.2 Å². The number of halogens is 5. The van der Waals surface area contributed by atoms with Crippen molar-refractivity contribution >= 4 is 40.8 Å². The van der Waals surface area contributed by atoms with Crippen LogP contribution in [0.4, 0.5) is 19.0 Å². The molecule has 3 rings (SSSR count). The van der Waals surface area contributed by atoms with Gasteiger partial charge in [0.25, 0.3) is 17.4 Å². The van der Waals surface area contributed by atoms with Gasteiger partial charge in [0.15, 0.2) is 0 Å². The number of pyridine rings is 1. The van der Waals surface area contributed by atoms with Gasteiger partial charge in [0.2, 0.25) is 0 Å². The van der Waals surface area contributed by atoms with Crippen molar-refractivity contribution < 1.29 is 27.9 Å². The molecule has 1 aliphatic heterocycles. The van der Waals surface area contributed by atoms with E-state index >= 15 is 0 Å². The Balaban J connectivity index is 1.51. The molecule has 1 saturated heterocycles. The Morgan fingerprint density at radius 1 is 1.16 bits per heavy atom. The minimum atomic E-state index is -5.23. The minimum Gasteiger partial charge on any atom is -0.369 e. The van der Waals surface area contributed by atoms with Gasteiger partial charge < -0.3 is 20.2 Å². The maximum Gasteiger partial charge on any atom is 0.430 e. The highest BCUT2D eigenvalue weighted by Crippen LogP contribution is 2.40. The van der Waals surface area contributed by atoms with Crippen LogP contribution in [0.1, 0.15) is 47.2 Å². The Bertz CT molecular complexity index is 1150. The number of aliphatic hydroxyl groups is 1. The molecule has 12 heteroatoms. The number of anilines is 1. The molecule has 0 aliphatic carbocycles. The number of hydrogen-bond acceptors (Lipinski definition) is 5. The third-order valence-electron chi connectivity index (χ3n) is 6.68. The Morgan fingerprint density at radius 3 is 2.37 bits per heavy atom. The molecule has 0 saturated carbocycles. The molecule has 1 fully saturated rings. The van der Waals surface area contributed by atoms with Gasteiger partial charge in [-0.25, -0.2) is 4.98 Å². The van der Waals surface area contributed by atoms with E-state index in [9.17, 15) is 27.9 Å². The van der Waals surface area contributed by atoms with Crippen LogP contribution in [0.25, 0.3) is 0 Å². The summed E-state index contributed by atoms with van der Waals surface area (Å²) in [5.41, 5.74) is -3.59. The van der Waals surface area contributed by atoms with Crippen molar-refractivity contribution in [2.45, 2.75) is 44.4 Å². The van der Waals surface area contributed by atoms with Crippen LogP contribution in [0.15, 0.2) is 30.3 Å². The number of carbonyl (C=O) groups excluding carboxylic acids is 2. The fourth-order valence-corrected chi connectivity index (χ4v) is 5.06. The molecular weight excluding hydrogens is 544 g/mol. The average Bonchev–Trinajstić information content (AvgIpc) is 2.84. The van der Waals surface area contributed by atoms with E-state index in [-0.39, 0.29) is 22.6 Å². The molecule has 2 heterocycles. The lowest BCUT2D eigenvalue weighted by Gasteiger charge is -2.33. The first kappa shape index (κ1) is 30.0. The number of carbonyl (C=O) groups is 2. The van der Waals surface area contributed by atoms with E-state index in [1.54, 1.807) is 26.2 Å². The molecule has 2 N–H and O–H groups in total. The molecule has 0 radical (unpaired) electrons. The van der Waals surface area contributed by atoms with Gasteiger partial charge >= 0.3 is 6.18 Å². The van der Waals surface area contributed by atoms with Crippen molar-refractivity contribution in [3.63, 3.8) is 0 Å². The summed E-state index contributed by atoms with van der Waals surface area (Å²) in [5, 5.41) is 12.9. The summed E-state index contributed by atoms with van der Waals surface area (Å²) in [4.78, 5) is 32.6. The Kier molecular flexibility index (Phi) is 9.54. The maximum absolute atomic E-state index is 13.8. The van der Waals surface area contributed by atoms with Crippen LogP contribution in [0, 0.1) is 12.8 Å². The zero-order valence-corrected chi connectivity index (χ0v) is 22.9. The number of alkyl halides is 3. The molecule has 2 aromatic rings. The molecule has 7 nitrogen and oxygen atoms in total. The van der Waals surface area contributed by atoms with Crippen LogP contribution < -0.4 is 10.2 Å². The first-order valence-electron chi connectivity index (χ1n) is 12.2. The van der Waals surface area contributed by atoms with Gasteiger partial charge in [-0.2, -0.15) is 13.2 Å². The smallest absolute Gasteiger partial charge is 0.369 e. The Labute approximate surface area is 229 Å². The molecule has 1 atom stereocenters. The zero-order valence-electron chi connectivity index (χ0n) is 21.4. The normalized spacial score (nSPS) is 16.2. The van der Waals surface area contributed by atoms with Gasteiger partial charge in [-0.1, -0.05) is 29.3 Å². The van der Waals surface area contributed by atoms with E-state index in [0.717, 1.165) is 25.0 Å². The third kappa shape index (κ3) is 6.71. The van der Waals surface area contributed by atoms with Crippen LogP contribution in [0.5, 0.6) is 0 Å². The van der Waals surface area contributed by atoms with Gasteiger partial charge in [0.05, 0.1) is 5.56 Å². The summed E-state index contributed by atoms with van der Waals surface area (Å²) in [5.74, 6) is -0.749. The highest BCUT2D eigenvalue weighted by atomic mass is 35.5. The van der Waals surface area contributed by atoms with Crippen molar-refractivity contribution in [1.82, 2.24) is 15.2 Å². The second-order valence-corrected chi connectivity index (χ2v) is 10.6. The zero-order chi connectivity index (χ0) is 28.3. The molecule has 2 amide bonds. The third-order valence-corrected chi connectivity index (χ3v) is 7.19.